The smallest absolute Gasteiger partial charge is 0.409 e. The number of ether oxygens (including phenoxy) is 1. The van der Waals surface area contributed by atoms with Gasteiger partial charge in [-0.2, -0.15) is 0 Å². The molecule has 184 valence electrons. The van der Waals surface area contributed by atoms with Gasteiger partial charge >= 0.3 is 11.8 Å². The molecular formula is C22H30N6O5S. The second kappa shape index (κ2) is 10.2. The van der Waals surface area contributed by atoms with E-state index in [2.05, 4.69) is 4.98 Å². The van der Waals surface area contributed by atoms with Gasteiger partial charge in [-0.1, -0.05) is 24.6 Å². The predicted octanol–water partition coefficient (Wildman–Crippen LogP) is 1.08. The lowest BCUT2D eigenvalue weighted by Gasteiger charge is -2.34. The fourth-order valence-electron chi connectivity index (χ4n) is 4.49. The fourth-order valence-corrected chi connectivity index (χ4v) is 5.41. The summed E-state index contributed by atoms with van der Waals surface area (Å²) in [6, 6.07) is 0. The molecule has 2 aromatic rings. The van der Waals surface area contributed by atoms with Crippen LogP contribution in [0.1, 0.15) is 44.3 Å². The number of carbonyl (C=O) groups excluding carboxylic acids is 2. The molecule has 2 fully saturated rings. The Bertz CT molecular complexity index is 1210. The van der Waals surface area contributed by atoms with Gasteiger partial charge in [0.05, 0.1) is 12.4 Å². The molecule has 0 bridgehead atoms. The van der Waals surface area contributed by atoms with Gasteiger partial charge in [0, 0.05) is 46.2 Å². The Kier molecular flexibility index (Phi) is 7.24. The van der Waals surface area contributed by atoms with Gasteiger partial charge in [-0.05, 0) is 19.8 Å². The quantitative estimate of drug-likeness (QED) is 0.451. The lowest BCUT2D eigenvalue weighted by molar-refractivity contribution is -0.129. The maximum absolute atomic E-state index is 13.0. The van der Waals surface area contributed by atoms with Gasteiger partial charge in [0.2, 0.25) is 5.91 Å². The molecular weight excluding hydrogens is 460 g/mol. The highest BCUT2D eigenvalue weighted by Crippen LogP contribution is 2.34. The van der Waals surface area contributed by atoms with E-state index < -0.39 is 11.2 Å². The normalized spacial score (nSPS) is 16.9. The summed E-state index contributed by atoms with van der Waals surface area (Å²) in [6.45, 7) is 3.75. The topological polar surface area (TPSA) is 120 Å². The van der Waals surface area contributed by atoms with Crippen molar-refractivity contribution >= 4 is 34.8 Å². The Balaban J connectivity index is 1.56. The molecule has 4 rings (SSSR count). The van der Waals surface area contributed by atoms with Crippen molar-refractivity contribution in [3.8, 4) is 0 Å². The van der Waals surface area contributed by atoms with Crippen LogP contribution in [0.15, 0.2) is 14.6 Å². The largest absolute Gasteiger partial charge is 0.450 e. The van der Waals surface area contributed by atoms with E-state index in [1.807, 2.05) is 0 Å². The van der Waals surface area contributed by atoms with Crippen molar-refractivity contribution in [1.29, 1.82) is 0 Å². The highest BCUT2D eigenvalue weighted by Gasteiger charge is 2.27. The molecule has 0 N–H and O–H groups in total. The molecule has 0 atom stereocenters. The summed E-state index contributed by atoms with van der Waals surface area (Å²) in [7, 11) is 3.02. The van der Waals surface area contributed by atoms with Crippen LogP contribution in [0.3, 0.4) is 0 Å². The van der Waals surface area contributed by atoms with Crippen molar-refractivity contribution in [2.24, 2.45) is 14.1 Å². The van der Waals surface area contributed by atoms with Crippen molar-refractivity contribution in [3.63, 3.8) is 0 Å². The van der Waals surface area contributed by atoms with E-state index in [0.29, 0.717) is 49.3 Å². The summed E-state index contributed by atoms with van der Waals surface area (Å²) >= 11 is 1.20. The van der Waals surface area contributed by atoms with Gasteiger partial charge in [-0.15, -0.1) is 0 Å². The molecule has 0 unspecified atom stereocenters. The highest BCUT2D eigenvalue weighted by molar-refractivity contribution is 8.00. The van der Waals surface area contributed by atoms with Crippen molar-refractivity contribution in [2.45, 2.75) is 43.6 Å². The molecule has 12 heteroatoms. The minimum absolute atomic E-state index is 0.0932. The van der Waals surface area contributed by atoms with Crippen molar-refractivity contribution < 1.29 is 14.3 Å². The average Bonchev–Trinajstić information content (AvgIpc) is 3.39. The Labute approximate surface area is 201 Å². The van der Waals surface area contributed by atoms with Gasteiger partial charge in [0.25, 0.3) is 5.56 Å². The highest BCUT2D eigenvalue weighted by atomic mass is 32.2. The number of hydrogen-bond donors (Lipinski definition) is 0. The summed E-state index contributed by atoms with van der Waals surface area (Å²) in [4.78, 5) is 62.9. The molecule has 1 saturated heterocycles. The lowest BCUT2D eigenvalue weighted by Crippen LogP contribution is -2.51. The number of aryl methyl sites for hydroxylation is 1. The first-order chi connectivity index (χ1) is 16.3. The molecule has 1 aliphatic carbocycles. The van der Waals surface area contributed by atoms with E-state index in [4.69, 9.17) is 9.72 Å². The number of fused-ring (bicyclic) bond motifs is 1. The zero-order valence-corrected chi connectivity index (χ0v) is 20.6. The number of nitrogens with zero attached hydrogens (tertiary/aromatic N) is 6. The van der Waals surface area contributed by atoms with E-state index in [-0.39, 0.29) is 29.1 Å². The molecule has 2 amide bonds. The average molecular weight is 491 g/mol. The number of piperazine rings is 1. The van der Waals surface area contributed by atoms with Crippen LogP contribution in [0.2, 0.25) is 0 Å². The summed E-state index contributed by atoms with van der Waals surface area (Å²) in [5, 5.41) is 0.692. The van der Waals surface area contributed by atoms with Crippen molar-refractivity contribution in [3.05, 3.63) is 26.7 Å². The third-order valence-corrected chi connectivity index (χ3v) is 7.46. The molecule has 34 heavy (non-hydrogen) atoms. The van der Waals surface area contributed by atoms with Crippen LogP contribution >= 0.6 is 11.8 Å². The van der Waals surface area contributed by atoms with Crippen molar-refractivity contribution in [2.75, 3.05) is 38.5 Å². The van der Waals surface area contributed by atoms with Crippen LogP contribution in [0, 0.1) is 0 Å². The number of rotatable bonds is 5. The SMILES string of the molecule is CCOC(=O)N1CCN(C(=O)CSc2nc(C3CCCC3)nc3c2c(=O)n(C)c(=O)n3C)CC1. The van der Waals surface area contributed by atoms with Gasteiger partial charge in [-0.25, -0.2) is 19.6 Å². The monoisotopic (exact) mass is 490 g/mol. The maximum Gasteiger partial charge on any atom is 0.409 e. The zero-order valence-electron chi connectivity index (χ0n) is 19.8. The van der Waals surface area contributed by atoms with Gasteiger partial charge < -0.3 is 14.5 Å². The summed E-state index contributed by atoms with van der Waals surface area (Å²) < 4.78 is 7.44. The van der Waals surface area contributed by atoms with Crippen LogP contribution in [0.25, 0.3) is 11.0 Å². The van der Waals surface area contributed by atoms with Gasteiger partial charge in [0.15, 0.2) is 5.65 Å². The first-order valence-electron chi connectivity index (χ1n) is 11.6. The Morgan fingerprint density at radius 2 is 1.65 bits per heavy atom. The first-order valence-corrected chi connectivity index (χ1v) is 12.6. The maximum atomic E-state index is 13.0. The molecule has 3 heterocycles. The lowest BCUT2D eigenvalue weighted by atomic mass is 10.1. The zero-order chi connectivity index (χ0) is 24.4. The summed E-state index contributed by atoms with van der Waals surface area (Å²) in [5.41, 5.74) is -0.600. The molecule has 2 aliphatic rings. The first kappa shape index (κ1) is 24.2. The third kappa shape index (κ3) is 4.68. The molecule has 1 saturated carbocycles. The molecule has 0 aromatic carbocycles. The third-order valence-electron chi connectivity index (χ3n) is 6.50. The van der Waals surface area contributed by atoms with E-state index in [1.165, 1.54) is 23.4 Å². The van der Waals surface area contributed by atoms with E-state index in [0.717, 1.165) is 30.3 Å². The van der Waals surface area contributed by atoms with Crippen LogP contribution in [-0.2, 0) is 23.6 Å². The van der Waals surface area contributed by atoms with E-state index in [1.54, 1.807) is 23.8 Å². The molecule has 1 aliphatic heterocycles. The van der Waals surface area contributed by atoms with Crippen LogP contribution in [0.5, 0.6) is 0 Å². The standard InChI is InChI=1S/C22H30N6O5S/c1-4-33-22(32)28-11-9-27(10-12-28)15(29)13-34-19-16-18(25(2)21(31)26(3)20(16)30)23-17(24-19)14-7-5-6-8-14/h14H,4-13H2,1-3H3. The minimum atomic E-state index is -0.464. The fraction of sp³-hybridized carbons (Fsp3) is 0.636. The van der Waals surface area contributed by atoms with Crippen LogP contribution in [0.4, 0.5) is 4.79 Å². The number of carbonyl (C=O) groups is 2. The van der Waals surface area contributed by atoms with Gasteiger partial charge in [0.1, 0.15) is 16.2 Å². The van der Waals surface area contributed by atoms with Gasteiger partial charge in [-0.3, -0.25) is 18.7 Å². The van der Waals surface area contributed by atoms with Crippen LogP contribution < -0.4 is 11.2 Å². The Morgan fingerprint density at radius 1 is 1.00 bits per heavy atom. The van der Waals surface area contributed by atoms with Crippen molar-refractivity contribution in [1.82, 2.24) is 28.9 Å². The van der Waals surface area contributed by atoms with E-state index >= 15 is 0 Å². The number of amides is 2. The second-order valence-electron chi connectivity index (χ2n) is 8.63. The van der Waals surface area contributed by atoms with E-state index in [9.17, 15) is 19.2 Å². The minimum Gasteiger partial charge on any atom is -0.450 e. The summed E-state index contributed by atoms with van der Waals surface area (Å²) in [6.07, 6.45) is 3.77. The number of thioether (sulfide) groups is 1. The predicted molar refractivity (Wildman–Crippen MR) is 127 cm³/mol. The summed E-state index contributed by atoms with van der Waals surface area (Å²) in [5.74, 6) is 0.826. The Morgan fingerprint density at radius 3 is 2.29 bits per heavy atom. The Hall–Kier alpha value is -2.89. The molecule has 11 nitrogen and oxygen atoms in total. The van der Waals surface area contributed by atoms with Crippen LogP contribution in [-0.4, -0.2) is 79.4 Å². The number of aromatic nitrogens is 4. The second-order valence-corrected chi connectivity index (χ2v) is 9.59. The molecule has 0 radical (unpaired) electrons. The molecule has 0 spiro atoms. The molecule has 2 aromatic heterocycles. The number of hydrogen-bond acceptors (Lipinski definition) is 8.